The van der Waals surface area contributed by atoms with E-state index in [0.29, 0.717) is 24.3 Å². The highest BCUT2D eigenvalue weighted by molar-refractivity contribution is 5.95. The number of hydrogen-bond acceptors (Lipinski definition) is 5. The van der Waals surface area contributed by atoms with Crippen molar-refractivity contribution in [1.82, 2.24) is 0 Å². The van der Waals surface area contributed by atoms with Crippen LogP contribution in [0.3, 0.4) is 0 Å². The van der Waals surface area contributed by atoms with E-state index in [1.54, 1.807) is 12.1 Å². The third-order valence-electron chi connectivity index (χ3n) is 3.96. The number of carbonyl (C=O) groups is 1. The number of nitro benzene ring substituents is 1. The number of fused-ring (bicyclic) bond motifs is 2. The van der Waals surface area contributed by atoms with Crippen LogP contribution in [0, 0.1) is 10.1 Å². The molecule has 0 saturated carbocycles. The molecule has 2 atom stereocenters. The first-order valence-corrected chi connectivity index (χ1v) is 6.74. The molecule has 2 unspecified atom stereocenters. The molecule has 106 valence electrons. The molecule has 0 aromatic heterocycles. The number of nitrogens with zero attached hydrogens (tertiary/aromatic N) is 2. The van der Waals surface area contributed by atoms with Crippen LogP contribution in [0.5, 0.6) is 0 Å². The highest BCUT2D eigenvalue weighted by atomic mass is 16.6. The van der Waals surface area contributed by atoms with Crippen molar-refractivity contribution in [2.45, 2.75) is 32.0 Å². The quantitative estimate of drug-likeness (QED) is 0.480. The number of nitro groups is 1. The molecule has 1 aromatic carbocycles. The topological polar surface area (TPSA) is 72.7 Å². The van der Waals surface area contributed by atoms with Crippen LogP contribution in [0.1, 0.15) is 30.1 Å². The van der Waals surface area contributed by atoms with E-state index in [2.05, 4.69) is 0 Å². The van der Waals surface area contributed by atoms with Crippen LogP contribution in [-0.2, 0) is 4.74 Å². The molecule has 2 aliphatic rings. The van der Waals surface area contributed by atoms with Crippen molar-refractivity contribution in [2.75, 3.05) is 18.0 Å². The Bertz CT molecular complexity index is 560. The maximum Gasteiger partial charge on any atom is 0.293 e. The number of morpholine rings is 1. The number of rotatable bonds is 3. The average Bonchev–Trinajstić information content (AvgIpc) is 2.76. The zero-order valence-electron chi connectivity index (χ0n) is 11.2. The second-order valence-electron chi connectivity index (χ2n) is 5.38. The van der Waals surface area contributed by atoms with Gasteiger partial charge in [-0.25, -0.2) is 0 Å². The first-order chi connectivity index (χ1) is 9.54. The lowest BCUT2D eigenvalue weighted by Crippen LogP contribution is -2.42. The second-order valence-corrected chi connectivity index (χ2v) is 5.38. The van der Waals surface area contributed by atoms with Gasteiger partial charge in [0, 0.05) is 24.7 Å². The minimum atomic E-state index is -0.418. The summed E-state index contributed by atoms with van der Waals surface area (Å²) in [6.45, 7) is 2.77. The van der Waals surface area contributed by atoms with Gasteiger partial charge in [0.2, 0.25) is 0 Å². The lowest BCUT2D eigenvalue weighted by Gasteiger charge is -2.33. The highest BCUT2D eigenvalue weighted by Crippen LogP contribution is 2.35. The van der Waals surface area contributed by atoms with E-state index in [9.17, 15) is 14.9 Å². The van der Waals surface area contributed by atoms with Crippen LogP contribution in [0.15, 0.2) is 18.2 Å². The van der Waals surface area contributed by atoms with Crippen LogP contribution >= 0.6 is 0 Å². The Hall–Kier alpha value is -1.95. The van der Waals surface area contributed by atoms with Crippen LogP contribution in [0.25, 0.3) is 0 Å². The van der Waals surface area contributed by atoms with Crippen LogP contribution in [0.2, 0.25) is 0 Å². The summed E-state index contributed by atoms with van der Waals surface area (Å²) in [6.07, 6.45) is 2.36. The van der Waals surface area contributed by atoms with Gasteiger partial charge in [0.1, 0.15) is 5.69 Å². The van der Waals surface area contributed by atoms with Gasteiger partial charge in [0.25, 0.3) is 5.69 Å². The Kier molecular flexibility index (Phi) is 3.17. The van der Waals surface area contributed by atoms with Gasteiger partial charge >= 0.3 is 0 Å². The fourth-order valence-electron chi connectivity index (χ4n) is 2.97. The van der Waals surface area contributed by atoms with Gasteiger partial charge in [-0.05, 0) is 31.9 Å². The largest absolute Gasteiger partial charge is 0.371 e. The minimum Gasteiger partial charge on any atom is -0.371 e. The maximum atomic E-state index is 11.4. The smallest absolute Gasteiger partial charge is 0.293 e. The molecule has 20 heavy (non-hydrogen) atoms. The van der Waals surface area contributed by atoms with Crippen molar-refractivity contribution < 1.29 is 14.5 Å². The molecule has 6 nitrogen and oxygen atoms in total. The van der Waals surface area contributed by atoms with E-state index >= 15 is 0 Å². The van der Waals surface area contributed by atoms with E-state index in [4.69, 9.17) is 4.74 Å². The molecule has 6 heteroatoms. The predicted molar refractivity (Wildman–Crippen MR) is 73.2 cm³/mol. The van der Waals surface area contributed by atoms with E-state index in [0.717, 1.165) is 12.8 Å². The first-order valence-electron chi connectivity index (χ1n) is 6.74. The molecule has 2 heterocycles. The summed E-state index contributed by atoms with van der Waals surface area (Å²) in [5.74, 6) is -0.165. The van der Waals surface area contributed by atoms with Gasteiger partial charge in [-0.15, -0.1) is 0 Å². The lowest BCUT2D eigenvalue weighted by atomic mass is 10.1. The average molecular weight is 276 g/mol. The minimum absolute atomic E-state index is 0.000926. The van der Waals surface area contributed by atoms with Gasteiger partial charge in [-0.1, -0.05) is 0 Å². The predicted octanol–water partition coefficient (Wildman–Crippen LogP) is 2.17. The summed E-state index contributed by atoms with van der Waals surface area (Å²) >= 11 is 0. The number of hydrogen-bond donors (Lipinski definition) is 0. The van der Waals surface area contributed by atoms with Gasteiger partial charge in [-0.2, -0.15) is 0 Å². The van der Waals surface area contributed by atoms with Crippen molar-refractivity contribution in [2.24, 2.45) is 0 Å². The Labute approximate surface area is 116 Å². The molecule has 0 spiro atoms. The van der Waals surface area contributed by atoms with Gasteiger partial charge < -0.3 is 9.64 Å². The third kappa shape index (κ3) is 2.27. The summed E-state index contributed by atoms with van der Waals surface area (Å²) in [6, 6.07) is 4.71. The molecular weight excluding hydrogens is 260 g/mol. The maximum absolute atomic E-state index is 11.4. The summed E-state index contributed by atoms with van der Waals surface area (Å²) in [5, 5.41) is 11.3. The molecule has 2 aliphatic heterocycles. The highest BCUT2D eigenvalue weighted by Gasteiger charge is 2.35. The molecule has 0 radical (unpaired) electrons. The van der Waals surface area contributed by atoms with Gasteiger partial charge in [0.05, 0.1) is 17.1 Å². The summed E-state index contributed by atoms with van der Waals surface area (Å²) in [5.41, 5.74) is 0.955. The van der Waals surface area contributed by atoms with Crippen molar-refractivity contribution in [1.29, 1.82) is 0 Å². The number of ether oxygens (including phenoxy) is 1. The van der Waals surface area contributed by atoms with Gasteiger partial charge in [-0.3, -0.25) is 14.9 Å². The van der Waals surface area contributed by atoms with Crippen molar-refractivity contribution in [3.63, 3.8) is 0 Å². The summed E-state index contributed by atoms with van der Waals surface area (Å²) in [7, 11) is 0. The molecule has 3 rings (SSSR count). The number of ketones is 1. The molecule has 1 aromatic rings. The van der Waals surface area contributed by atoms with E-state index in [1.165, 1.54) is 13.0 Å². The molecule has 2 fully saturated rings. The van der Waals surface area contributed by atoms with Crippen LogP contribution in [0.4, 0.5) is 11.4 Å². The summed E-state index contributed by atoms with van der Waals surface area (Å²) in [4.78, 5) is 24.2. The van der Waals surface area contributed by atoms with Crippen molar-refractivity contribution in [3.8, 4) is 0 Å². The Morgan fingerprint density at radius 2 is 2.00 bits per heavy atom. The number of benzene rings is 1. The standard InChI is InChI=1S/C14H16N2O4/c1-9(17)10-2-5-13(14(6-10)16(18)19)15-7-11-3-4-12(8-15)20-11/h2,5-6,11-12H,3-4,7-8H2,1H3. The van der Waals surface area contributed by atoms with E-state index in [1.807, 2.05) is 4.90 Å². The lowest BCUT2D eigenvalue weighted by molar-refractivity contribution is -0.384. The fourth-order valence-corrected chi connectivity index (χ4v) is 2.97. The second kappa shape index (κ2) is 4.86. The number of anilines is 1. The van der Waals surface area contributed by atoms with Crippen LogP contribution in [-0.4, -0.2) is 36.0 Å². The third-order valence-corrected chi connectivity index (χ3v) is 3.96. The fraction of sp³-hybridized carbons (Fsp3) is 0.500. The van der Waals surface area contributed by atoms with Crippen LogP contribution < -0.4 is 4.90 Å². The molecule has 2 bridgehead atoms. The summed E-state index contributed by atoms with van der Waals surface area (Å²) < 4.78 is 5.75. The monoisotopic (exact) mass is 276 g/mol. The number of carbonyl (C=O) groups excluding carboxylic acids is 1. The molecule has 2 saturated heterocycles. The molecule has 0 N–H and O–H groups in total. The zero-order valence-corrected chi connectivity index (χ0v) is 11.2. The Balaban J connectivity index is 1.96. The molecule has 0 aliphatic carbocycles. The Morgan fingerprint density at radius 3 is 2.55 bits per heavy atom. The normalized spacial score (nSPS) is 24.8. The van der Waals surface area contributed by atoms with Crippen molar-refractivity contribution in [3.05, 3.63) is 33.9 Å². The van der Waals surface area contributed by atoms with Gasteiger partial charge in [0.15, 0.2) is 5.78 Å². The molecule has 0 amide bonds. The SMILES string of the molecule is CC(=O)c1ccc(N2CC3CCC(C2)O3)c([N+](=O)[O-])c1. The zero-order chi connectivity index (χ0) is 14.3. The van der Waals surface area contributed by atoms with E-state index in [-0.39, 0.29) is 23.7 Å². The van der Waals surface area contributed by atoms with Crippen molar-refractivity contribution >= 4 is 17.2 Å². The Morgan fingerprint density at radius 1 is 1.35 bits per heavy atom. The van der Waals surface area contributed by atoms with E-state index < -0.39 is 4.92 Å². The molecular formula is C14H16N2O4. The first kappa shape index (κ1) is 13.1. The number of Topliss-reactive ketones (excluding diaryl/α,β-unsaturated/α-hetero) is 1.